The zero-order valence-corrected chi connectivity index (χ0v) is 16.7. The second-order valence-corrected chi connectivity index (χ2v) is 7.63. The molecule has 29 heavy (non-hydrogen) atoms. The molecule has 0 saturated carbocycles. The van der Waals surface area contributed by atoms with Crippen molar-refractivity contribution in [3.8, 4) is 5.75 Å². The maximum atomic E-state index is 11.9. The van der Waals surface area contributed by atoms with Crippen LogP contribution in [-0.4, -0.2) is 40.4 Å². The van der Waals surface area contributed by atoms with E-state index in [2.05, 4.69) is 15.4 Å². The minimum atomic E-state index is -3.77. The van der Waals surface area contributed by atoms with Crippen molar-refractivity contribution in [2.75, 3.05) is 20.2 Å². The summed E-state index contributed by atoms with van der Waals surface area (Å²) in [7, 11) is -2.20. The van der Waals surface area contributed by atoms with Crippen LogP contribution in [0.1, 0.15) is 11.1 Å². The molecule has 0 heterocycles. The molecular formula is C20H23N3O5S. The molecule has 0 spiro atoms. The number of hydrogen-bond donors (Lipinski definition) is 3. The number of benzene rings is 2. The van der Waals surface area contributed by atoms with Gasteiger partial charge >= 0.3 is 0 Å². The third kappa shape index (κ3) is 8.58. The van der Waals surface area contributed by atoms with Gasteiger partial charge in [0.1, 0.15) is 5.75 Å². The molecule has 2 aromatic rings. The summed E-state index contributed by atoms with van der Waals surface area (Å²) >= 11 is 0. The molecular weight excluding hydrogens is 394 g/mol. The highest BCUT2D eigenvalue weighted by Gasteiger charge is 2.10. The molecule has 154 valence electrons. The smallest absolute Gasteiger partial charge is 0.239 e. The van der Waals surface area contributed by atoms with Crippen molar-refractivity contribution in [1.29, 1.82) is 0 Å². The lowest BCUT2D eigenvalue weighted by atomic mass is 10.2. The molecule has 0 aliphatic rings. The minimum absolute atomic E-state index is 0.253. The van der Waals surface area contributed by atoms with Gasteiger partial charge in [0.05, 0.1) is 20.2 Å². The first-order chi connectivity index (χ1) is 13.9. The highest BCUT2D eigenvalue weighted by Crippen LogP contribution is 2.10. The van der Waals surface area contributed by atoms with Gasteiger partial charge < -0.3 is 15.4 Å². The third-order valence-corrected chi connectivity index (χ3v) is 4.81. The number of ether oxygens (including phenoxy) is 1. The molecule has 0 atom stereocenters. The van der Waals surface area contributed by atoms with Crippen molar-refractivity contribution in [3.05, 3.63) is 71.1 Å². The van der Waals surface area contributed by atoms with Gasteiger partial charge in [0.25, 0.3) is 0 Å². The fraction of sp³-hybridized carbons (Fsp3) is 0.200. The van der Waals surface area contributed by atoms with Gasteiger partial charge in [-0.25, -0.2) is 13.1 Å². The van der Waals surface area contributed by atoms with Gasteiger partial charge in [-0.05, 0) is 29.3 Å². The van der Waals surface area contributed by atoms with Gasteiger partial charge in [-0.2, -0.15) is 0 Å². The second kappa shape index (κ2) is 11.0. The van der Waals surface area contributed by atoms with E-state index in [-0.39, 0.29) is 12.5 Å². The maximum absolute atomic E-state index is 11.9. The van der Waals surface area contributed by atoms with Crippen molar-refractivity contribution in [2.45, 2.75) is 6.54 Å². The molecule has 8 nitrogen and oxygen atoms in total. The Bertz CT molecular complexity index is 942. The number of hydrogen-bond acceptors (Lipinski definition) is 5. The van der Waals surface area contributed by atoms with Crippen LogP contribution in [0.5, 0.6) is 5.75 Å². The van der Waals surface area contributed by atoms with E-state index >= 15 is 0 Å². The fourth-order valence-corrected chi connectivity index (χ4v) is 2.96. The monoisotopic (exact) mass is 417 g/mol. The fourth-order valence-electron chi connectivity index (χ4n) is 2.19. The normalized spacial score (nSPS) is 11.2. The van der Waals surface area contributed by atoms with E-state index in [0.717, 1.165) is 16.5 Å². The van der Waals surface area contributed by atoms with E-state index < -0.39 is 22.5 Å². The number of sulfonamides is 1. The summed E-state index contributed by atoms with van der Waals surface area (Å²) in [5.74, 6) is -0.282. The van der Waals surface area contributed by atoms with E-state index in [1.165, 1.54) is 6.08 Å². The zero-order valence-electron chi connectivity index (χ0n) is 15.9. The lowest BCUT2D eigenvalue weighted by Crippen LogP contribution is -2.41. The maximum Gasteiger partial charge on any atom is 0.239 e. The van der Waals surface area contributed by atoms with Crippen LogP contribution < -0.4 is 20.1 Å². The van der Waals surface area contributed by atoms with Gasteiger partial charge in [-0.15, -0.1) is 0 Å². The summed E-state index contributed by atoms with van der Waals surface area (Å²) in [6, 6.07) is 16.1. The van der Waals surface area contributed by atoms with Gasteiger partial charge in [-0.1, -0.05) is 42.5 Å². The number of rotatable bonds is 10. The third-order valence-electron chi connectivity index (χ3n) is 3.77. The molecule has 0 fully saturated rings. The van der Waals surface area contributed by atoms with Crippen LogP contribution in [0.25, 0.3) is 6.08 Å². The van der Waals surface area contributed by atoms with Crippen LogP contribution >= 0.6 is 0 Å². The highest BCUT2D eigenvalue weighted by molar-refractivity contribution is 7.92. The zero-order chi connectivity index (χ0) is 21.1. The Hall–Kier alpha value is -3.17. The summed E-state index contributed by atoms with van der Waals surface area (Å²) in [4.78, 5) is 23.6. The van der Waals surface area contributed by atoms with E-state index in [9.17, 15) is 18.0 Å². The average Bonchev–Trinajstić information content (AvgIpc) is 2.74. The summed E-state index contributed by atoms with van der Waals surface area (Å²) in [5, 5.41) is 6.00. The Balaban J connectivity index is 1.69. The molecule has 2 rings (SSSR count). The SMILES string of the molecule is COc1ccc(CNC(=O)CNC(=O)CNS(=O)(=O)/C=C/c2ccccc2)cc1. The van der Waals surface area contributed by atoms with Crippen LogP contribution in [0, 0.1) is 0 Å². The quantitative estimate of drug-likeness (QED) is 0.534. The lowest BCUT2D eigenvalue weighted by molar-refractivity contribution is -0.125. The number of carbonyl (C=O) groups excluding carboxylic acids is 2. The number of methoxy groups -OCH3 is 1. The van der Waals surface area contributed by atoms with Crippen molar-refractivity contribution >= 4 is 27.9 Å². The van der Waals surface area contributed by atoms with Crippen molar-refractivity contribution in [3.63, 3.8) is 0 Å². The molecule has 3 N–H and O–H groups in total. The largest absolute Gasteiger partial charge is 0.497 e. The molecule has 0 aliphatic carbocycles. The second-order valence-electron chi connectivity index (χ2n) is 5.98. The van der Waals surface area contributed by atoms with Crippen LogP contribution in [0.3, 0.4) is 0 Å². The Morgan fingerprint density at radius 3 is 2.24 bits per heavy atom. The molecule has 9 heteroatoms. The van der Waals surface area contributed by atoms with E-state index in [4.69, 9.17) is 4.74 Å². The number of amides is 2. The van der Waals surface area contributed by atoms with Gasteiger partial charge in [0, 0.05) is 12.0 Å². The standard InChI is InChI=1S/C20H23N3O5S/c1-28-18-9-7-17(8-10-18)13-21-19(24)14-22-20(25)15-23-29(26,27)12-11-16-5-3-2-4-6-16/h2-12,23H,13-15H2,1H3,(H,21,24)(H,22,25)/b12-11+. The first-order valence-electron chi connectivity index (χ1n) is 8.77. The Kier molecular flexibility index (Phi) is 8.38. The lowest BCUT2D eigenvalue weighted by Gasteiger charge is -2.08. The predicted octanol–water partition coefficient (Wildman–Crippen LogP) is 1.02. The van der Waals surface area contributed by atoms with E-state index in [1.807, 2.05) is 18.2 Å². The topological polar surface area (TPSA) is 114 Å². The average molecular weight is 417 g/mol. The molecule has 0 saturated heterocycles. The van der Waals surface area contributed by atoms with E-state index in [0.29, 0.717) is 12.3 Å². The molecule has 0 aliphatic heterocycles. The highest BCUT2D eigenvalue weighted by atomic mass is 32.2. The number of nitrogens with one attached hydrogen (secondary N) is 3. The van der Waals surface area contributed by atoms with Crippen molar-refractivity contribution in [2.24, 2.45) is 0 Å². The summed E-state index contributed by atoms with van der Waals surface area (Å²) in [6.07, 6.45) is 1.42. The Morgan fingerprint density at radius 2 is 1.59 bits per heavy atom. The molecule has 0 radical (unpaired) electrons. The van der Waals surface area contributed by atoms with Crippen molar-refractivity contribution in [1.82, 2.24) is 15.4 Å². The Labute approximate surface area is 170 Å². The number of carbonyl (C=O) groups is 2. The van der Waals surface area contributed by atoms with Crippen molar-refractivity contribution < 1.29 is 22.7 Å². The van der Waals surface area contributed by atoms with Gasteiger partial charge in [-0.3, -0.25) is 9.59 Å². The molecule has 2 aromatic carbocycles. The van der Waals surface area contributed by atoms with Crippen LogP contribution in [0.15, 0.2) is 60.0 Å². The van der Waals surface area contributed by atoms with Gasteiger partial charge in [0.15, 0.2) is 0 Å². The first-order valence-corrected chi connectivity index (χ1v) is 10.3. The van der Waals surface area contributed by atoms with E-state index in [1.54, 1.807) is 43.5 Å². The summed E-state index contributed by atoms with van der Waals surface area (Å²) in [6.45, 7) is -0.417. The minimum Gasteiger partial charge on any atom is -0.497 e. The molecule has 2 amide bonds. The van der Waals surface area contributed by atoms with Crippen LogP contribution in [-0.2, 0) is 26.2 Å². The Morgan fingerprint density at radius 1 is 0.931 bits per heavy atom. The molecule has 0 unspecified atom stereocenters. The summed E-state index contributed by atoms with van der Waals surface area (Å²) in [5.41, 5.74) is 1.60. The summed E-state index contributed by atoms with van der Waals surface area (Å²) < 4.78 is 31.0. The van der Waals surface area contributed by atoms with Crippen LogP contribution in [0.4, 0.5) is 0 Å². The molecule has 0 aromatic heterocycles. The van der Waals surface area contributed by atoms with Crippen LogP contribution in [0.2, 0.25) is 0 Å². The molecule has 0 bridgehead atoms. The van der Waals surface area contributed by atoms with Gasteiger partial charge in [0.2, 0.25) is 21.8 Å². The first kappa shape index (κ1) is 22.1. The predicted molar refractivity (Wildman–Crippen MR) is 110 cm³/mol.